The number of thiazole rings is 2. The summed E-state index contributed by atoms with van der Waals surface area (Å²) in [5.41, 5.74) is 1.08. The van der Waals surface area contributed by atoms with Gasteiger partial charge in [0.1, 0.15) is 0 Å². The van der Waals surface area contributed by atoms with E-state index in [1.54, 1.807) is 17.5 Å². The first-order valence-electron chi connectivity index (χ1n) is 12.8. The van der Waals surface area contributed by atoms with Crippen LogP contribution in [0.5, 0.6) is 5.19 Å². The molecule has 3 heterocycles. The van der Waals surface area contributed by atoms with Crippen LogP contribution in [0.4, 0.5) is 8.78 Å². The van der Waals surface area contributed by atoms with Crippen molar-refractivity contribution in [3.63, 3.8) is 0 Å². The molecule has 0 saturated heterocycles. The third-order valence-electron chi connectivity index (χ3n) is 7.51. The van der Waals surface area contributed by atoms with Crippen molar-refractivity contribution in [3.8, 4) is 5.19 Å². The van der Waals surface area contributed by atoms with E-state index in [1.165, 1.54) is 35.5 Å². The van der Waals surface area contributed by atoms with E-state index in [4.69, 9.17) is 4.74 Å². The van der Waals surface area contributed by atoms with E-state index in [0.29, 0.717) is 17.7 Å². The molecule has 3 aliphatic rings. The van der Waals surface area contributed by atoms with Crippen LogP contribution in [0.3, 0.4) is 0 Å². The van der Waals surface area contributed by atoms with Gasteiger partial charge in [0, 0.05) is 47.9 Å². The predicted octanol–water partition coefficient (Wildman–Crippen LogP) is 4.65. The Labute approximate surface area is 213 Å². The second-order valence-electron chi connectivity index (χ2n) is 10.3. The van der Waals surface area contributed by atoms with Gasteiger partial charge in [-0.15, -0.1) is 11.3 Å². The van der Waals surface area contributed by atoms with Gasteiger partial charge in [0.2, 0.25) is 5.91 Å². The fourth-order valence-electron chi connectivity index (χ4n) is 5.18. The zero-order valence-corrected chi connectivity index (χ0v) is 21.9. The molecule has 5 rings (SSSR count). The molecule has 0 spiro atoms. The quantitative estimate of drug-likeness (QED) is 0.517. The van der Waals surface area contributed by atoms with Crippen LogP contribution in [0.25, 0.3) is 0 Å². The lowest BCUT2D eigenvalue weighted by molar-refractivity contribution is -0.121. The smallest absolute Gasteiger partial charge is 0.273 e. The molecule has 192 valence electrons. The Bertz CT molecular complexity index is 994. The molecule has 1 aliphatic heterocycles. The lowest BCUT2D eigenvalue weighted by Crippen LogP contribution is -2.38. The van der Waals surface area contributed by atoms with Crippen LogP contribution in [0, 0.1) is 18.8 Å². The minimum absolute atomic E-state index is 0.0589. The molecule has 2 aliphatic carbocycles. The van der Waals surface area contributed by atoms with Gasteiger partial charge in [-0.25, -0.2) is 18.7 Å². The Morgan fingerprint density at radius 1 is 1.23 bits per heavy atom. The van der Waals surface area contributed by atoms with E-state index in [0.717, 1.165) is 66.8 Å². The maximum atomic E-state index is 13.1. The standard InChI is InChI=1S/C25H34F2N4O2S2/c1-16-28-14-20(34-16)12-23(32)29-19-4-2-17(3-5-19)6-9-31-10-7-21-22(8-11-31)35-24(30-21)33-15-18-13-25(18,26)27/h14,17-19H,2-13,15H2,1H3,(H,29,32)/t17-,18?,19-. The zero-order chi connectivity index (χ0) is 24.4. The van der Waals surface area contributed by atoms with Gasteiger partial charge in [0.05, 0.1) is 29.6 Å². The summed E-state index contributed by atoms with van der Waals surface area (Å²) in [5, 5.41) is 4.78. The highest BCUT2D eigenvalue weighted by Gasteiger charge is 2.57. The van der Waals surface area contributed by atoms with Crippen LogP contribution in [-0.2, 0) is 24.1 Å². The largest absolute Gasteiger partial charge is 0.469 e. The number of aromatic nitrogens is 2. The SMILES string of the molecule is Cc1ncc(CC(=O)N[C@H]2CC[C@H](CCN3CCc4nc(OCC5CC5(F)F)sc4CC3)CC2)s1. The van der Waals surface area contributed by atoms with E-state index < -0.39 is 11.8 Å². The molecule has 2 aromatic rings. The van der Waals surface area contributed by atoms with Crippen molar-refractivity contribution in [2.75, 3.05) is 26.2 Å². The highest BCUT2D eigenvalue weighted by Crippen LogP contribution is 2.48. The van der Waals surface area contributed by atoms with Gasteiger partial charge >= 0.3 is 0 Å². The summed E-state index contributed by atoms with van der Waals surface area (Å²) in [6.45, 7) is 5.13. The normalized spacial score (nSPS) is 26.1. The first-order valence-corrected chi connectivity index (χ1v) is 14.4. The molecule has 2 saturated carbocycles. The third kappa shape index (κ3) is 6.77. The Hall–Kier alpha value is -1.65. The Kier molecular flexibility index (Phi) is 7.69. The predicted molar refractivity (Wildman–Crippen MR) is 134 cm³/mol. The molecule has 10 heteroatoms. The highest BCUT2D eigenvalue weighted by atomic mass is 32.1. The van der Waals surface area contributed by atoms with E-state index >= 15 is 0 Å². The van der Waals surface area contributed by atoms with Crippen molar-refractivity contribution in [2.45, 2.75) is 76.7 Å². The number of fused-ring (bicyclic) bond motifs is 1. The lowest BCUT2D eigenvalue weighted by atomic mass is 9.84. The van der Waals surface area contributed by atoms with Gasteiger partial charge in [-0.3, -0.25) is 4.79 Å². The van der Waals surface area contributed by atoms with Crippen LogP contribution in [0.15, 0.2) is 6.20 Å². The minimum Gasteiger partial charge on any atom is -0.469 e. The average Bonchev–Trinajstić information content (AvgIpc) is 3.10. The van der Waals surface area contributed by atoms with Crippen molar-refractivity contribution in [2.24, 2.45) is 11.8 Å². The summed E-state index contributed by atoms with van der Waals surface area (Å²) >= 11 is 3.12. The van der Waals surface area contributed by atoms with E-state index in [9.17, 15) is 13.6 Å². The van der Waals surface area contributed by atoms with E-state index in [-0.39, 0.29) is 18.9 Å². The number of amides is 1. The van der Waals surface area contributed by atoms with Gasteiger partial charge < -0.3 is 15.0 Å². The Morgan fingerprint density at radius 2 is 2.00 bits per heavy atom. The fourth-order valence-corrected chi connectivity index (χ4v) is 6.92. The number of carbonyl (C=O) groups is 1. The summed E-state index contributed by atoms with van der Waals surface area (Å²) in [6, 6.07) is 0.301. The first kappa shape index (κ1) is 25.0. The van der Waals surface area contributed by atoms with Gasteiger partial charge in [-0.1, -0.05) is 11.3 Å². The molecular formula is C25H34F2N4O2S2. The third-order valence-corrected chi connectivity index (χ3v) is 9.49. The number of carbonyl (C=O) groups excluding carboxylic acids is 1. The molecule has 1 atom stereocenters. The zero-order valence-electron chi connectivity index (χ0n) is 20.2. The van der Waals surface area contributed by atoms with Crippen LogP contribution in [0.2, 0.25) is 0 Å². The molecule has 0 aromatic carbocycles. The van der Waals surface area contributed by atoms with Crippen LogP contribution in [-0.4, -0.2) is 59.0 Å². The second kappa shape index (κ2) is 10.8. The number of nitrogens with zero attached hydrogens (tertiary/aromatic N) is 3. The highest BCUT2D eigenvalue weighted by molar-refractivity contribution is 7.13. The molecular weight excluding hydrogens is 490 g/mol. The summed E-state index contributed by atoms with van der Waals surface area (Å²) < 4.78 is 31.7. The molecule has 1 amide bonds. The van der Waals surface area contributed by atoms with Gasteiger partial charge in [0.25, 0.3) is 11.1 Å². The molecule has 6 nitrogen and oxygen atoms in total. The van der Waals surface area contributed by atoms with Crippen molar-refractivity contribution >= 4 is 28.6 Å². The summed E-state index contributed by atoms with van der Waals surface area (Å²) in [5.74, 6) is -2.34. The number of nitrogens with one attached hydrogen (secondary N) is 1. The summed E-state index contributed by atoms with van der Waals surface area (Å²) in [7, 11) is 0. The summed E-state index contributed by atoms with van der Waals surface area (Å²) in [6.07, 6.45) is 9.71. The van der Waals surface area contributed by atoms with Crippen molar-refractivity contribution in [3.05, 3.63) is 26.7 Å². The van der Waals surface area contributed by atoms with E-state index in [1.807, 2.05) is 6.92 Å². The van der Waals surface area contributed by atoms with Gasteiger partial charge in [0.15, 0.2) is 0 Å². The number of aryl methyl sites for hydroxylation is 1. The van der Waals surface area contributed by atoms with Gasteiger partial charge in [-0.2, -0.15) is 0 Å². The minimum atomic E-state index is -2.54. The topological polar surface area (TPSA) is 67.4 Å². The number of hydrogen-bond acceptors (Lipinski definition) is 7. The van der Waals surface area contributed by atoms with E-state index in [2.05, 4.69) is 20.2 Å². The van der Waals surface area contributed by atoms with Crippen molar-refractivity contribution < 1.29 is 18.3 Å². The monoisotopic (exact) mass is 524 g/mol. The molecule has 35 heavy (non-hydrogen) atoms. The molecule has 2 aromatic heterocycles. The fraction of sp³-hybridized carbons (Fsp3) is 0.720. The average molecular weight is 525 g/mol. The molecule has 1 unspecified atom stereocenters. The number of alkyl halides is 2. The molecule has 1 N–H and O–H groups in total. The number of rotatable bonds is 9. The van der Waals surface area contributed by atoms with Gasteiger partial charge in [-0.05, 0) is 57.9 Å². The molecule has 0 bridgehead atoms. The number of ether oxygens (including phenoxy) is 1. The maximum Gasteiger partial charge on any atom is 0.273 e. The van der Waals surface area contributed by atoms with Crippen LogP contribution >= 0.6 is 22.7 Å². The summed E-state index contributed by atoms with van der Waals surface area (Å²) in [4.78, 5) is 26.0. The van der Waals surface area contributed by atoms with Crippen molar-refractivity contribution in [1.29, 1.82) is 0 Å². The molecule has 0 radical (unpaired) electrons. The number of hydrogen-bond donors (Lipinski definition) is 1. The lowest BCUT2D eigenvalue weighted by Gasteiger charge is -2.30. The first-order chi connectivity index (χ1) is 16.8. The Morgan fingerprint density at radius 3 is 2.71 bits per heavy atom. The second-order valence-corrected chi connectivity index (χ2v) is 12.6. The van der Waals surface area contributed by atoms with Crippen LogP contribution < -0.4 is 10.1 Å². The Balaban J connectivity index is 0.981. The number of halogens is 2. The molecule has 2 fully saturated rings. The van der Waals surface area contributed by atoms with Crippen LogP contribution in [0.1, 0.15) is 59.0 Å². The van der Waals surface area contributed by atoms with Crippen molar-refractivity contribution in [1.82, 2.24) is 20.2 Å². The maximum absolute atomic E-state index is 13.1.